The molecule has 3 N–H and O–H groups in total. The Morgan fingerprint density at radius 2 is 2.16 bits per heavy atom. The Balaban J connectivity index is 1.68. The van der Waals surface area contributed by atoms with Crippen LogP contribution >= 0.6 is 0 Å². The van der Waals surface area contributed by atoms with Gasteiger partial charge in [0.2, 0.25) is 0 Å². The number of amides is 2. The molecule has 2 rings (SSSR count). The molecule has 4 nitrogen and oxygen atoms in total. The van der Waals surface area contributed by atoms with Crippen molar-refractivity contribution in [3.63, 3.8) is 0 Å². The third kappa shape index (κ3) is 4.56. The first-order chi connectivity index (χ1) is 9.25. The molecule has 1 aromatic carbocycles. The lowest BCUT2D eigenvalue weighted by Gasteiger charge is -2.23. The van der Waals surface area contributed by atoms with Gasteiger partial charge in [0.25, 0.3) is 0 Å². The van der Waals surface area contributed by atoms with E-state index in [1.807, 2.05) is 18.2 Å². The quantitative estimate of drug-likeness (QED) is 0.776. The van der Waals surface area contributed by atoms with Crippen molar-refractivity contribution in [1.82, 2.24) is 16.0 Å². The first-order valence-electron chi connectivity index (χ1n) is 7.05. The second kappa shape index (κ2) is 7.14. The van der Waals surface area contributed by atoms with Crippen molar-refractivity contribution >= 4 is 6.03 Å². The molecule has 0 saturated carbocycles. The molecule has 1 saturated heterocycles. The Morgan fingerprint density at radius 1 is 1.32 bits per heavy atom. The Kier molecular flexibility index (Phi) is 5.21. The highest BCUT2D eigenvalue weighted by atomic mass is 16.2. The summed E-state index contributed by atoms with van der Waals surface area (Å²) < 4.78 is 0. The number of rotatable bonds is 4. The average molecular weight is 261 g/mol. The molecule has 1 aliphatic rings. The molecule has 1 aliphatic heterocycles. The van der Waals surface area contributed by atoms with Crippen LogP contribution < -0.4 is 16.0 Å². The molecule has 0 bridgehead atoms. The van der Waals surface area contributed by atoms with E-state index in [0.717, 1.165) is 18.5 Å². The highest BCUT2D eigenvalue weighted by molar-refractivity contribution is 5.73. The average Bonchev–Trinajstić information content (AvgIpc) is 2.45. The fourth-order valence-electron chi connectivity index (χ4n) is 2.36. The van der Waals surface area contributed by atoms with Crippen LogP contribution in [0, 0.1) is 6.92 Å². The molecule has 0 aromatic heterocycles. The Hall–Kier alpha value is -1.55. The lowest BCUT2D eigenvalue weighted by Crippen LogP contribution is -2.46. The fourth-order valence-corrected chi connectivity index (χ4v) is 2.36. The van der Waals surface area contributed by atoms with Crippen LogP contribution in [0.15, 0.2) is 24.3 Å². The van der Waals surface area contributed by atoms with Crippen molar-refractivity contribution in [3.05, 3.63) is 35.4 Å². The van der Waals surface area contributed by atoms with E-state index in [2.05, 4.69) is 28.9 Å². The number of aryl methyl sites for hydroxylation is 1. The highest BCUT2D eigenvalue weighted by Gasteiger charge is 2.13. The number of piperidine rings is 1. The summed E-state index contributed by atoms with van der Waals surface area (Å²) in [6.07, 6.45) is 3.65. The third-order valence-electron chi connectivity index (χ3n) is 3.62. The topological polar surface area (TPSA) is 53.2 Å². The zero-order chi connectivity index (χ0) is 13.5. The summed E-state index contributed by atoms with van der Waals surface area (Å²) in [4.78, 5) is 11.7. The fraction of sp³-hybridized carbons (Fsp3) is 0.533. The first-order valence-corrected chi connectivity index (χ1v) is 7.05. The van der Waals surface area contributed by atoms with Gasteiger partial charge in [0.05, 0.1) is 0 Å². The van der Waals surface area contributed by atoms with Gasteiger partial charge >= 0.3 is 6.03 Å². The number of hydrogen-bond donors (Lipinski definition) is 3. The van der Waals surface area contributed by atoms with Gasteiger partial charge in [-0.3, -0.25) is 0 Å². The standard InChI is InChI=1S/C15H23N3O/c1-12-6-2-3-7-13(12)10-17-15(19)18-11-14-8-4-5-9-16-14/h2-3,6-7,14,16H,4-5,8-11H2,1H3,(H2,17,18,19). The maximum atomic E-state index is 11.7. The van der Waals surface area contributed by atoms with Gasteiger partial charge in [0.15, 0.2) is 0 Å². The molecule has 1 unspecified atom stereocenters. The van der Waals surface area contributed by atoms with E-state index in [-0.39, 0.29) is 6.03 Å². The molecular weight excluding hydrogens is 238 g/mol. The van der Waals surface area contributed by atoms with Crippen LogP contribution in [0.1, 0.15) is 30.4 Å². The molecule has 104 valence electrons. The van der Waals surface area contributed by atoms with Crippen molar-refractivity contribution in [3.8, 4) is 0 Å². The SMILES string of the molecule is Cc1ccccc1CNC(=O)NCC1CCCCN1. The molecule has 0 aliphatic carbocycles. The predicted molar refractivity (Wildman–Crippen MR) is 77.1 cm³/mol. The molecule has 1 heterocycles. The minimum absolute atomic E-state index is 0.0874. The number of benzene rings is 1. The van der Waals surface area contributed by atoms with Crippen LogP contribution in [-0.2, 0) is 6.54 Å². The van der Waals surface area contributed by atoms with Gasteiger partial charge in [-0.25, -0.2) is 4.79 Å². The smallest absolute Gasteiger partial charge is 0.315 e. The monoisotopic (exact) mass is 261 g/mol. The first kappa shape index (κ1) is 13.9. The maximum absolute atomic E-state index is 11.7. The minimum atomic E-state index is -0.0874. The van der Waals surface area contributed by atoms with Crippen LogP contribution in [0.2, 0.25) is 0 Å². The van der Waals surface area contributed by atoms with E-state index in [1.54, 1.807) is 0 Å². The van der Waals surface area contributed by atoms with E-state index in [4.69, 9.17) is 0 Å². The summed E-state index contributed by atoms with van der Waals surface area (Å²) in [6, 6.07) is 8.44. The maximum Gasteiger partial charge on any atom is 0.315 e. The zero-order valence-corrected chi connectivity index (χ0v) is 11.5. The lowest BCUT2D eigenvalue weighted by molar-refractivity contribution is 0.238. The number of urea groups is 1. The van der Waals surface area contributed by atoms with Crippen molar-refractivity contribution < 1.29 is 4.79 Å². The molecule has 4 heteroatoms. The number of carbonyl (C=O) groups is 1. The van der Waals surface area contributed by atoms with Crippen LogP contribution in [-0.4, -0.2) is 25.2 Å². The van der Waals surface area contributed by atoms with Crippen LogP contribution in [0.5, 0.6) is 0 Å². The number of nitrogens with one attached hydrogen (secondary N) is 3. The normalized spacial score (nSPS) is 18.9. The Morgan fingerprint density at radius 3 is 2.89 bits per heavy atom. The van der Waals surface area contributed by atoms with Crippen LogP contribution in [0.4, 0.5) is 4.79 Å². The van der Waals surface area contributed by atoms with Crippen molar-refractivity contribution in [2.45, 2.75) is 38.8 Å². The number of hydrogen-bond acceptors (Lipinski definition) is 2. The van der Waals surface area contributed by atoms with Crippen molar-refractivity contribution in [2.75, 3.05) is 13.1 Å². The second-order valence-electron chi connectivity index (χ2n) is 5.14. The van der Waals surface area contributed by atoms with Gasteiger partial charge in [-0.2, -0.15) is 0 Å². The van der Waals surface area contributed by atoms with E-state index in [1.165, 1.54) is 18.4 Å². The Bertz CT molecular complexity index is 414. The van der Waals surface area contributed by atoms with Crippen LogP contribution in [0.25, 0.3) is 0 Å². The molecular formula is C15H23N3O. The molecule has 1 fully saturated rings. The van der Waals surface area contributed by atoms with E-state index in [0.29, 0.717) is 19.1 Å². The summed E-state index contributed by atoms with van der Waals surface area (Å²) in [7, 11) is 0. The van der Waals surface area contributed by atoms with Crippen molar-refractivity contribution in [1.29, 1.82) is 0 Å². The second-order valence-corrected chi connectivity index (χ2v) is 5.14. The minimum Gasteiger partial charge on any atom is -0.337 e. The van der Waals surface area contributed by atoms with Crippen molar-refractivity contribution in [2.24, 2.45) is 0 Å². The summed E-state index contributed by atoms with van der Waals surface area (Å²) in [5.74, 6) is 0. The summed E-state index contributed by atoms with van der Waals surface area (Å²) in [6.45, 7) is 4.41. The van der Waals surface area contributed by atoms with Gasteiger partial charge in [-0.15, -0.1) is 0 Å². The van der Waals surface area contributed by atoms with Crippen LogP contribution in [0.3, 0.4) is 0 Å². The van der Waals surface area contributed by atoms with Gasteiger partial charge in [-0.05, 0) is 37.4 Å². The lowest BCUT2D eigenvalue weighted by atomic mass is 10.1. The molecule has 0 radical (unpaired) electrons. The predicted octanol–water partition coefficient (Wildman–Crippen LogP) is 1.94. The summed E-state index contributed by atoms with van der Waals surface area (Å²) in [5.41, 5.74) is 2.37. The molecule has 0 spiro atoms. The van der Waals surface area contributed by atoms with Gasteiger partial charge in [0, 0.05) is 19.1 Å². The Labute approximate surface area is 115 Å². The number of carbonyl (C=O) groups excluding carboxylic acids is 1. The van der Waals surface area contributed by atoms with E-state index < -0.39 is 0 Å². The third-order valence-corrected chi connectivity index (χ3v) is 3.62. The highest BCUT2D eigenvalue weighted by Crippen LogP contribution is 2.06. The molecule has 19 heavy (non-hydrogen) atoms. The molecule has 2 amide bonds. The summed E-state index contributed by atoms with van der Waals surface area (Å²) in [5, 5.41) is 9.25. The van der Waals surface area contributed by atoms with Gasteiger partial charge < -0.3 is 16.0 Å². The van der Waals surface area contributed by atoms with Gasteiger partial charge in [-0.1, -0.05) is 30.7 Å². The largest absolute Gasteiger partial charge is 0.337 e. The van der Waals surface area contributed by atoms with Gasteiger partial charge in [0.1, 0.15) is 0 Å². The zero-order valence-electron chi connectivity index (χ0n) is 11.5. The summed E-state index contributed by atoms with van der Waals surface area (Å²) >= 11 is 0. The van der Waals surface area contributed by atoms with E-state index >= 15 is 0 Å². The molecule has 1 aromatic rings. The van der Waals surface area contributed by atoms with E-state index in [9.17, 15) is 4.79 Å². The molecule has 1 atom stereocenters.